The average molecular weight is 1790 g/mol. The largest absolute Gasteiger partial charge is 0.466 e. The van der Waals surface area contributed by atoms with Crippen molar-refractivity contribution in [2.75, 3.05) is 138 Å². The molecule has 0 aromatic heterocycles. The lowest BCUT2D eigenvalue weighted by atomic mass is 10.2. The Morgan fingerprint density at radius 1 is 0.543 bits per heavy atom. The number of benzene rings is 7. The molecule has 1 fully saturated rings. The summed E-state index contributed by atoms with van der Waals surface area (Å²) in [7, 11) is -4.33. The smallest absolute Gasteiger partial charge is 0.317 e. The number of fused-ring (bicyclic) bond motifs is 3. The van der Waals surface area contributed by atoms with Gasteiger partial charge in [0.15, 0.2) is 0 Å². The van der Waals surface area contributed by atoms with Crippen molar-refractivity contribution >= 4 is 117 Å². The molecule has 0 unspecified atom stereocenters. The highest BCUT2D eigenvalue weighted by Crippen LogP contribution is 2.31. The molecule has 582 valence electrons. The molecule has 0 radical (unpaired) electrons. The van der Waals surface area contributed by atoms with Gasteiger partial charge in [0.2, 0.25) is 0 Å². The van der Waals surface area contributed by atoms with Gasteiger partial charge in [0.1, 0.15) is 6.37 Å². The molecular weight excluding hydrogens is 1640 g/mol. The van der Waals surface area contributed by atoms with Crippen molar-refractivity contribution in [1.29, 1.82) is 0 Å². The number of aliphatic hydroxyl groups is 3. The maximum atomic E-state index is 11.0. The van der Waals surface area contributed by atoms with Gasteiger partial charge < -0.3 is 63.6 Å². The normalized spacial score (nSPS) is 19.0. The highest BCUT2D eigenvalue weighted by atomic mass is 127. The maximum Gasteiger partial charge on any atom is 0.317 e. The molecule has 4 aliphatic heterocycles. The molecule has 4 N–H and O–H groups in total. The van der Waals surface area contributed by atoms with Gasteiger partial charge in [-0.1, -0.05) is 161 Å². The number of halogens is 5. The zero-order valence-electron chi connectivity index (χ0n) is 89.2. The molecule has 4 aliphatic rings. The van der Waals surface area contributed by atoms with Crippen molar-refractivity contribution < 1.29 is 115 Å². The Hall–Kier alpha value is -5.26. The molecule has 11 rings (SSSR count). The van der Waals surface area contributed by atoms with Gasteiger partial charge in [-0.15, -0.1) is 23.2 Å². The summed E-state index contributed by atoms with van der Waals surface area (Å²) < 4.78 is 304. The number of nitrogens with one attached hydrogen (secondary N) is 1. The van der Waals surface area contributed by atoms with Crippen LogP contribution in [-0.2, 0) is 103 Å². The number of nitrogens with zero attached hydrogens (tertiary/aromatic N) is 2. The Morgan fingerprint density at radius 3 is 1.32 bits per heavy atom. The predicted molar refractivity (Wildman–Crippen MR) is 442 cm³/mol. The van der Waals surface area contributed by atoms with E-state index in [-0.39, 0.29) is 65.5 Å². The SMILES string of the molecule is Brc1ccc2c(c1)CCN2.C.C1CCOC1.ClCCl.[2H]C([2H])(C(=O)OCC)C(=O)OCC.[2H]C([2H])(O)C([2H])([2H])C([2H])([2H])O.[2H]C([2H])(O)C([2H])([2H])C([2H])([2H])OCc1ccccc1.[2H]C([2H])(OCc1ccccc1)C([2H])([2H])C([2H])([2H])N1CCc2cc(Br)ccc21.[2H]C([2H])(OCc1ccccc1)C([2H])([2H])C([2H])([2H])N1CCc2cc(I)ccc21.[2H]C([2H])(OCc1ccccc1)C([2H])([2H])C([2H])([2H])OS(C)(=O)=O. The molecular formula is C81H112Br2Cl2IN3O15S. The lowest BCUT2D eigenvalue weighted by Gasteiger charge is -2.19. The molecule has 7 aromatic carbocycles. The van der Waals surface area contributed by atoms with Crippen LogP contribution in [0.3, 0.4) is 0 Å². The molecule has 0 bridgehead atoms. The van der Waals surface area contributed by atoms with Crippen LogP contribution in [0.1, 0.15) is 155 Å². The van der Waals surface area contributed by atoms with Gasteiger partial charge in [0.05, 0.1) is 82.5 Å². The third-order valence-corrected chi connectivity index (χ3v) is 14.9. The quantitative estimate of drug-likeness (QED) is 0.0108. The lowest BCUT2D eigenvalue weighted by molar-refractivity contribution is -0.153. The second kappa shape index (κ2) is 62.6. The summed E-state index contributed by atoms with van der Waals surface area (Å²) in [6.45, 7) is -24.6. The van der Waals surface area contributed by atoms with Crippen LogP contribution in [0, 0.1) is 3.57 Å². The fourth-order valence-electron chi connectivity index (χ4n) is 8.44. The highest BCUT2D eigenvalue weighted by molar-refractivity contribution is 14.1. The summed E-state index contributed by atoms with van der Waals surface area (Å²) in [6, 6.07) is 51.9. The first-order valence-electron chi connectivity index (χ1n) is 47.7. The monoisotopic (exact) mass is 1790 g/mol. The second-order valence-corrected chi connectivity index (χ2v) is 25.9. The zero-order valence-corrected chi connectivity index (χ0v) is 64.9. The Labute approximate surface area is 711 Å². The molecule has 0 saturated carbocycles. The van der Waals surface area contributed by atoms with Crippen molar-refractivity contribution in [3.63, 3.8) is 0 Å². The molecule has 7 aromatic rings. The standard InChI is InChI=1S/C18H20BrNO.C18H20INO.C11H16O4S.C10H14O2.C8H8BrN.C7H12O4.C4H8O.C3H8O2.CH2Cl2.CH4/c2*19-17-7-8-18-16(13-17)9-11-20(18)10-4-12-21-14-15-5-2-1-3-6-15;1-16(12,13)15-9-5-8-14-10-11-6-3-2-4-7-11;11-7-4-8-12-9-10-5-2-1-3-6-10;9-7-1-2-8-6(5-7)3-4-10-8;1-3-10-6(8)5-7(9)11-4-2;1-2-4-5-3-1;4-2-1-3-5;2-1-3;/h2*1-3,5-8,13H,4,9-12,14H2;2-4,6-7H,5,8-10H2,1H3;1-3,5-6,11H,4,7-9H2;1-2,5,10H,3-4H2;3-5H2,1-2H3;1-4H2;4-5H,1-3H2;1H2;1H4/i2*4D2,10D2,12D2;5D2,8D2,9D2;4D2,7D2,8D2;;5D2;;1D2,2D2,3D2;;. The summed E-state index contributed by atoms with van der Waals surface area (Å²) in [5.74, 6) is -2.43. The van der Waals surface area contributed by atoms with Gasteiger partial charge in [0.25, 0.3) is 10.1 Å². The van der Waals surface area contributed by atoms with E-state index in [1.165, 1.54) is 52.2 Å². The Kier molecular flexibility index (Phi) is 32.9. The molecule has 0 atom stereocenters. The van der Waals surface area contributed by atoms with Crippen LogP contribution >= 0.6 is 77.7 Å². The Balaban J connectivity index is 0.000000545. The minimum absolute atomic E-state index is 0. The van der Waals surface area contributed by atoms with E-state index in [0.29, 0.717) is 52.7 Å². The van der Waals surface area contributed by atoms with Crippen molar-refractivity contribution in [3.8, 4) is 0 Å². The van der Waals surface area contributed by atoms with Crippen LogP contribution in [0.4, 0.5) is 17.1 Å². The van der Waals surface area contributed by atoms with Crippen LogP contribution < -0.4 is 15.1 Å². The van der Waals surface area contributed by atoms with Crippen LogP contribution in [0.15, 0.2) is 185 Å². The summed E-state index contributed by atoms with van der Waals surface area (Å²) in [4.78, 5) is 24.4. The van der Waals surface area contributed by atoms with Crippen LogP contribution in [0.25, 0.3) is 0 Å². The first-order valence-corrected chi connectivity index (χ1v) is 37.3. The van der Waals surface area contributed by atoms with E-state index in [2.05, 4.69) is 91.6 Å². The lowest BCUT2D eigenvalue weighted by Crippen LogP contribution is -2.22. The van der Waals surface area contributed by atoms with E-state index in [0.717, 1.165) is 45.3 Å². The third kappa shape index (κ3) is 48.0. The van der Waals surface area contributed by atoms with Gasteiger partial charge in [-0.25, -0.2) is 0 Å². The fraction of sp³-hybridized carbons (Fsp3) is 0.457. The van der Waals surface area contributed by atoms with E-state index in [4.69, 9.17) is 106 Å². The molecule has 0 amide bonds. The van der Waals surface area contributed by atoms with E-state index >= 15 is 0 Å². The van der Waals surface area contributed by atoms with Crippen LogP contribution in [0.2, 0.25) is 0 Å². The Morgan fingerprint density at radius 2 is 0.933 bits per heavy atom. The molecule has 24 heteroatoms. The number of carbonyl (C=O) groups is 2. The number of carbonyl (C=O) groups excluding carboxylic acids is 2. The first-order chi connectivity index (χ1) is 62.2. The third-order valence-electron chi connectivity index (χ3n) is 12.8. The van der Waals surface area contributed by atoms with Crippen molar-refractivity contribution in [1.82, 2.24) is 0 Å². The van der Waals surface area contributed by atoms with E-state index < -0.39 is 126 Å². The van der Waals surface area contributed by atoms with Gasteiger partial charge in [-0.3, -0.25) is 13.8 Å². The number of hydrogen-bond acceptors (Lipinski definition) is 18. The summed E-state index contributed by atoms with van der Waals surface area (Å²) in [5, 5.41) is 29.4. The highest BCUT2D eigenvalue weighted by Gasteiger charge is 2.20. The molecule has 0 aliphatic carbocycles. The number of alkyl halides is 2. The van der Waals surface area contributed by atoms with E-state index in [1.807, 2.05) is 30.3 Å². The van der Waals surface area contributed by atoms with Crippen LogP contribution in [-0.4, -0.2) is 159 Å². The molecule has 4 heterocycles. The summed E-state index contributed by atoms with van der Waals surface area (Å²) in [5.41, 5.74) is 8.28. The minimum Gasteiger partial charge on any atom is -0.466 e. The molecule has 105 heavy (non-hydrogen) atoms. The van der Waals surface area contributed by atoms with E-state index in [9.17, 15) is 18.0 Å². The maximum absolute atomic E-state index is 11.0. The summed E-state index contributed by atoms with van der Waals surface area (Å²) >= 11 is 18.5. The minimum atomic E-state index is -4.33. The Bertz CT molecular complexity index is 4780. The van der Waals surface area contributed by atoms with Crippen molar-refractivity contribution in [2.45, 2.75) is 118 Å². The van der Waals surface area contributed by atoms with Gasteiger partial charge in [-0.2, -0.15) is 8.42 Å². The first kappa shape index (κ1) is 55.2. The zero-order chi connectivity index (χ0) is 104. The molecule has 0 spiro atoms. The fourth-order valence-corrected chi connectivity index (χ4v) is 10.0. The average Bonchev–Trinajstić information content (AvgIpc) is 1.67. The van der Waals surface area contributed by atoms with E-state index in [1.54, 1.807) is 127 Å². The summed E-state index contributed by atoms with van der Waals surface area (Å²) in [6.07, 6.45) is -13.0. The molecule has 18 nitrogen and oxygen atoms in total. The van der Waals surface area contributed by atoms with Gasteiger partial charge >= 0.3 is 11.9 Å². The predicted octanol–water partition coefficient (Wildman–Crippen LogP) is 17.0. The number of ether oxygens (including phenoxy) is 7. The number of hydrogen-bond donors (Lipinski definition) is 4. The topological polar surface area (TPSA) is 221 Å². The van der Waals surface area contributed by atoms with Crippen molar-refractivity contribution in [2.24, 2.45) is 0 Å². The van der Waals surface area contributed by atoms with Gasteiger partial charge in [0, 0.05) is 141 Å². The number of anilines is 3. The van der Waals surface area contributed by atoms with Crippen LogP contribution in [0.5, 0.6) is 0 Å². The number of esters is 2. The van der Waals surface area contributed by atoms with Crippen molar-refractivity contribution in [3.05, 3.63) is 227 Å². The second-order valence-electron chi connectivity index (χ2n) is 20.4. The van der Waals surface area contributed by atoms with Gasteiger partial charge in [-0.05, 0) is 194 Å². The molecule has 1 saturated heterocycles. The number of rotatable bonds is 30.